The molecular weight excluding hydrogens is 513 g/mol. The molecule has 0 radical (unpaired) electrons. The van der Waals surface area contributed by atoms with Crippen molar-refractivity contribution in [1.82, 2.24) is 9.21 Å². The van der Waals surface area contributed by atoms with E-state index in [4.69, 9.17) is 11.6 Å². The number of nitrogens with zero attached hydrogens (tertiary/aromatic N) is 3. The zero-order valence-corrected chi connectivity index (χ0v) is 22.1. The predicted octanol–water partition coefficient (Wildman–Crippen LogP) is 4.45. The Morgan fingerprint density at radius 1 is 1.23 bits per heavy atom. The van der Waals surface area contributed by atoms with Gasteiger partial charge < -0.3 is 9.80 Å². The highest BCUT2D eigenvalue weighted by Crippen LogP contribution is 2.36. The second kappa shape index (κ2) is 10.0. The molecule has 1 unspecified atom stereocenters. The standard InChI is InChI=1S/C24H27ClFN3O4S2/c1-15(21-8-9-22(25)34-21)14-35(32,33)29(13-16-4-5-16)20-10-11-28(24(20)31)19-7-6-17(12-18(19)26)23(30)27(2)3/h6-9,12,14,16,20H,4-5,10-11,13H2,1-3H3/b15-14-. The summed E-state index contributed by atoms with van der Waals surface area (Å²) in [5, 5.41) is 1.19. The van der Waals surface area contributed by atoms with Gasteiger partial charge in [0.2, 0.25) is 15.9 Å². The molecule has 2 fully saturated rings. The number of sulfonamides is 1. The molecule has 1 atom stereocenters. The van der Waals surface area contributed by atoms with Crippen molar-refractivity contribution in [3.63, 3.8) is 0 Å². The Hall–Kier alpha value is -2.27. The maximum atomic E-state index is 14.9. The van der Waals surface area contributed by atoms with E-state index < -0.39 is 27.8 Å². The van der Waals surface area contributed by atoms with Crippen LogP contribution >= 0.6 is 22.9 Å². The zero-order valence-electron chi connectivity index (χ0n) is 19.7. The predicted molar refractivity (Wildman–Crippen MR) is 137 cm³/mol. The molecule has 2 heterocycles. The van der Waals surface area contributed by atoms with Crippen LogP contribution in [0.4, 0.5) is 10.1 Å². The van der Waals surface area contributed by atoms with Gasteiger partial charge in [0.15, 0.2) is 0 Å². The molecule has 0 N–H and O–H groups in total. The quantitative estimate of drug-likeness (QED) is 0.496. The van der Waals surface area contributed by atoms with E-state index in [1.807, 2.05) is 0 Å². The van der Waals surface area contributed by atoms with Crippen LogP contribution in [0.5, 0.6) is 0 Å². The van der Waals surface area contributed by atoms with Crippen molar-refractivity contribution in [2.75, 3.05) is 32.1 Å². The number of rotatable bonds is 8. The normalized spacial score (nSPS) is 19.0. The number of allylic oxidation sites excluding steroid dienone is 1. The van der Waals surface area contributed by atoms with Crippen molar-refractivity contribution < 1.29 is 22.4 Å². The summed E-state index contributed by atoms with van der Waals surface area (Å²) in [7, 11) is -0.791. The largest absolute Gasteiger partial charge is 0.345 e. The van der Waals surface area contributed by atoms with E-state index in [9.17, 15) is 22.4 Å². The molecule has 188 valence electrons. The van der Waals surface area contributed by atoms with Crippen LogP contribution in [0.25, 0.3) is 5.57 Å². The highest BCUT2D eigenvalue weighted by Gasteiger charge is 2.44. The second-order valence-corrected chi connectivity index (χ2v) is 12.6. The summed E-state index contributed by atoms with van der Waals surface area (Å²) in [6.45, 7) is 2.13. The average Bonchev–Trinajstić information content (AvgIpc) is 3.39. The Bertz CT molecular complexity index is 1290. The monoisotopic (exact) mass is 539 g/mol. The molecule has 7 nitrogen and oxygen atoms in total. The second-order valence-electron chi connectivity index (χ2n) is 9.12. The minimum Gasteiger partial charge on any atom is -0.345 e. The average molecular weight is 540 g/mol. The molecule has 1 aliphatic heterocycles. The first-order chi connectivity index (χ1) is 16.5. The van der Waals surface area contributed by atoms with Crippen molar-refractivity contribution >= 4 is 56.0 Å². The molecule has 1 aromatic carbocycles. The number of amides is 2. The Balaban J connectivity index is 1.60. The van der Waals surface area contributed by atoms with E-state index in [1.165, 1.54) is 43.0 Å². The summed E-state index contributed by atoms with van der Waals surface area (Å²) in [5.41, 5.74) is 0.750. The van der Waals surface area contributed by atoms with Gasteiger partial charge in [0.05, 0.1) is 15.4 Å². The SMILES string of the molecule is C/C(=C/S(=O)(=O)N(CC1CC1)C1CCN(c2ccc(C(=O)N(C)C)cc2F)C1=O)c1ccc(Cl)s1. The Morgan fingerprint density at radius 2 is 1.94 bits per heavy atom. The minimum absolute atomic E-state index is 0.0385. The van der Waals surface area contributed by atoms with E-state index in [1.54, 1.807) is 33.2 Å². The van der Waals surface area contributed by atoms with Crippen molar-refractivity contribution in [3.05, 3.63) is 56.3 Å². The molecule has 1 saturated heterocycles. The van der Waals surface area contributed by atoms with E-state index in [-0.39, 0.29) is 42.6 Å². The molecule has 1 aliphatic carbocycles. The molecule has 2 amide bonds. The lowest BCUT2D eigenvalue weighted by atomic mass is 10.1. The highest BCUT2D eigenvalue weighted by atomic mass is 35.5. The molecule has 2 aromatic rings. The third-order valence-electron chi connectivity index (χ3n) is 6.17. The molecule has 1 saturated carbocycles. The Kier molecular flexibility index (Phi) is 7.38. The first kappa shape index (κ1) is 25.8. The van der Waals surface area contributed by atoms with Gasteiger partial charge in [-0.05, 0) is 68.0 Å². The third kappa shape index (κ3) is 5.61. The molecule has 11 heteroatoms. The number of anilines is 1. The van der Waals surface area contributed by atoms with Crippen LogP contribution in [-0.4, -0.2) is 62.7 Å². The van der Waals surface area contributed by atoms with Gasteiger partial charge in [0, 0.05) is 37.6 Å². The van der Waals surface area contributed by atoms with Gasteiger partial charge in [-0.1, -0.05) is 11.6 Å². The Morgan fingerprint density at radius 3 is 2.51 bits per heavy atom. The Labute approximate surface area is 213 Å². The van der Waals surface area contributed by atoms with Crippen LogP contribution in [0.2, 0.25) is 4.34 Å². The van der Waals surface area contributed by atoms with E-state index in [0.29, 0.717) is 9.91 Å². The summed E-state index contributed by atoms with van der Waals surface area (Å²) < 4.78 is 43.6. The fourth-order valence-corrected chi connectivity index (χ4v) is 6.89. The first-order valence-corrected chi connectivity index (χ1v) is 14.0. The highest BCUT2D eigenvalue weighted by molar-refractivity contribution is 7.92. The minimum atomic E-state index is -3.93. The molecule has 4 rings (SSSR count). The molecular formula is C24H27ClFN3O4S2. The van der Waals surface area contributed by atoms with Gasteiger partial charge in [-0.3, -0.25) is 9.59 Å². The number of thiophene rings is 1. The first-order valence-electron chi connectivity index (χ1n) is 11.3. The molecule has 35 heavy (non-hydrogen) atoms. The van der Waals surface area contributed by atoms with Crippen LogP contribution in [0.1, 0.15) is 41.4 Å². The lowest BCUT2D eigenvalue weighted by Gasteiger charge is -2.26. The van der Waals surface area contributed by atoms with Crippen molar-refractivity contribution in [1.29, 1.82) is 0 Å². The number of benzene rings is 1. The zero-order chi connectivity index (χ0) is 25.5. The summed E-state index contributed by atoms with van der Waals surface area (Å²) >= 11 is 7.28. The van der Waals surface area contributed by atoms with Crippen LogP contribution in [0.3, 0.4) is 0 Å². The number of hydrogen-bond acceptors (Lipinski definition) is 5. The molecule has 1 aromatic heterocycles. The maximum absolute atomic E-state index is 14.9. The van der Waals surface area contributed by atoms with E-state index >= 15 is 0 Å². The van der Waals surface area contributed by atoms with Crippen molar-refractivity contribution in [2.45, 2.75) is 32.2 Å². The van der Waals surface area contributed by atoms with Crippen molar-refractivity contribution in [2.24, 2.45) is 5.92 Å². The van der Waals surface area contributed by atoms with Gasteiger partial charge in [0.1, 0.15) is 11.9 Å². The fraction of sp³-hybridized carbons (Fsp3) is 0.417. The van der Waals surface area contributed by atoms with E-state index in [0.717, 1.165) is 23.8 Å². The molecule has 0 bridgehead atoms. The number of halogens is 2. The van der Waals surface area contributed by atoms with Crippen LogP contribution in [0.15, 0.2) is 35.7 Å². The summed E-state index contributed by atoms with van der Waals surface area (Å²) in [6.07, 6.45) is 2.08. The van der Waals surface area contributed by atoms with Crippen LogP contribution in [0, 0.1) is 11.7 Å². The number of carbonyl (C=O) groups is 2. The van der Waals surface area contributed by atoms with Crippen molar-refractivity contribution in [3.8, 4) is 0 Å². The number of carbonyl (C=O) groups excluding carboxylic acids is 2. The van der Waals surface area contributed by atoms with E-state index in [2.05, 4.69) is 0 Å². The third-order valence-corrected chi connectivity index (χ3v) is 9.24. The van der Waals surface area contributed by atoms with Gasteiger partial charge in [-0.15, -0.1) is 11.3 Å². The fourth-order valence-electron chi connectivity index (χ4n) is 4.13. The molecule has 0 spiro atoms. The lowest BCUT2D eigenvalue weighted by Crippen LogP contribution is -2.45. The summed E-state index contributed by atoms with van der Waals surface area (Å²) in [6, 6.07) is 6.52. The van der Waals surface area contributed by atoms with Crippen LogP contribution in [-0.2, 0) is 14.8 Å². The van der Waals surface area contributed by atoms with Gasteiger partial charge >= 0.3 is 0 Å². The number of hydrogen-bond donors (Lipinski definition) is 0. The summed E-state index contributed by atoms with van der Waals surface area (Å²) in [5.74, 6) is -1.31. The van der Waals surface area contributed by atoms with Gasteiger partial charge in [-0.2, -0.15) is 4.31 Å². The topological polar surface area (TPSA) is 78.0 Å². The van der Waals surface area contributed by atoms with Gasteiger partial charge in [-0.25, -0.2) is 12.8 Å². The van der Waals surface area contributed by atoms with Crippen LogP contribution < -0.4 is 4.90 Å². The molecule has 2 aliphatic rings. The maximum Gasteiger partial charge on any atom is 0.253 e. The summed E-state index contributed by atoms with van der Waals surface area (Å²) in [4.78, 5) is 28.9. The smallest absolute Gasteiger partial charge is 0.253 e. The lowest BCUT2D eigenvalue weighted by molar-refractivity contribution is -0.120. The van der Waals surface area contributed by atoms with Gasteiger partial charge in [0.25, 0.3) is 5.91 Å².